The maximum atomic E-state index is 10.5. The summed E-state index contributed by atoms with van der Waals surface area (Å²) in [5.41, 5.74) is 4.80. The normalized spacial score (nSPS) is 14.7. The van der Waals surface area contributed by atoms with E-state index in [1.54, 1.807) is 0 Å². The van der Waals surface area contributed by atoms with Gasteiger partial charge in [-0.25, -0.2) is 4.98 Å². The molecule has 2 heterocycles. The maximum Gasteiger partial charge on any atom is 0.148 e. The van der Waals surface area contributed by atoms with E-state index in [-0.39, 0.29) is 5.76 Å². The number of aromatic nitrogens is 2. The fourth-order valence-corrected chi connectivity index (χ4v) is 3.50. The molecule has 0 saturated heterocycles. The number of benzene rings is 2. The summed E-state index contributed by atoms with van der Waals surface area (Å²) in [5, 5.41) is 19.1. The number of amidine groups is 1. The first-order valence-electron chi connectivity index (χ1n) is 8.78. The highest BCUT2D eigenvalue weighted by Crippen LogP contribution is 2.29. The number of fused-ring (bicyclic) bond motifs is 1. The average molecular weight is 346 g/mol. The number of aliphatic hydroxyl groups is 1. The second-order valence-electron chi connectivity index (χ2n) is 6.81. The number of nitrogens with zero attached hydrogens (tertiary/aromatic N) is 3. The number of hydrogen-bond donors (Lipinski definition) is 2. The van der Waals surface area contributed by atoms with Crippen LogP contribution in [0.15, 0.2) is 54.3 Å². The van der Waals surface area contributed by atoms with Crippen molar-refractivity contribution in [2.75, 3.05) is 13.1 Å². The Bertz CT molecular complexity index is 1020. The SMILES string of the molecule is Cc1ccc2c(c1)nc(C1=C(O)CN(CCc3ccccc3)C1=N)n2C. The highest BCUT2D eigenvalue weighted by Gasteiger charge is 2.31. The van der Waals surface area contributed by atoms with Gasteiger partial charge in [-0.3, -0.25) is 5.41 Å². The third-order valence-electron chi connectivity index (χ3n) is 4.96. The van der Waals surface area contributed by atoms with Gasteiger partial charge in [0.25, 0.3) is 0 Å². The van der Waals surface area contributed by atoms with E-state index >= 15 is 0 Å². The predicted molar refractivity (Wildman–Crippen MR) is 104 cm³/mol. The zero-order valence-electron chi connectivity index (χ0n) is 15.0. The zero-order chi connectivity index (χ0) is 18.3. The van der Waals surface area contributed by atoms with Crippen molar-refractivity contribution in [1.82, 2.24) is 14.5 Å². The Hall–Kier alpha value is -3.08. The first-order valence-corrected chi connectivity index (χ1v) is 8.78. The Morgan fingerprint density at radius 2 is 1.92 bits per heavy atom. The standard InChI is InChI=1S/C21H22N4O/c1-14-8-9-17-16(12-14)23-21(24(17)2)19-18(26)13-25(20(19)22)11-10-15-6-4-3-5-7-15/h3-9,12,22,26H,10-11,13H2,1-2H3. The van der Waals surface area contributed by atoms with Crippen LogP contribution in [0.2, 0.25) is 0 Å². The monoisotopic (exact) mass is 346 g/mol. The van der Waals surface area contributed by atoms with E-state index in [9.17, 15) is 5.11 Å². The van der Waals surface area contributed by atoms with Crippen LogP contribution in [0.4, 0.5) is 0 Å². The summed E-state index contributed by atoms with van der Waals surface area (Å²) in [5.74, 6) is 1.21. The summed E-state index contributed by atoms with van der Waals surface area (Å²) in [7, 11) is 1.93. The fraction of sp³-hybridized carbons (Fsp3) is 0.238. The Labute approximate surface area is 152 Å². The van der Waals surface area contributed by atoms with Gasteiger partial charge in [-0.2, -0.15) is 0 Å². The van der Waals surface area contributed by atoms with E-state index in [2.05, 4.69) is 17.1 Å². The quantitative estimate of drug-likeness (QED) is 0.757. The van der Waals surface area contributed by atoms with E-state index in [0.717, 1.165) is 23.0 Å². The van der Waals surface area contributed by atoms with Gasteiger partial charge in [-0.05, 0) is 36.6 Å². The molecule has 0 aliphatic carbocycles. The zero-order valence-corrected chi connectivity index (χ0v) is 15.0. The Balaban J connectivity index is 1.60. The molecule has 1 aliphatic rings. The second kappa shape index (κ2) is 6.33. The number of rotatable bonds is 4. The molecule has 0 atom stereocenters. The molecule has 0 unspecified atom stereocenters. The molecule has 0 spiro atoms. The molecule has 26 heavy (non-hydrogen) atoms. The summed E-state index contributed by atoms with van der Waals surface area (Å²) in [6, 6.07) is 16.3. The second-order valence-corrected chi connectivity index (χ2v) is 6.81. The van der Waals surface area contributed by atoms with Gasteiger partial charge in [0.1, 0.15) is 17.4 Å². The van der Waals surface area contributed by atoms with Crippen molar-refractivity contribution in [3.8, 4) is 0 Å². The predicted octanol–water partition coefficient (Wildman–Crippen LogP) is 3.69. The Kier molecular flexibility index (Phi) is 3.99. The van der Waals surface area contributed by atoms with Gasteiger partial charge in [0.15, 0.2) is 0 Å². The van der Waals surface area contributed by atoms with Crippen molar-refractivity contribution in [3.05, 3.63) is 71.2 Å². The van der Waals surface area contributed by atoms with E-state index in [0.29, 0.717) is 30.3 Å². The minimum atomic E-state index is 0.221. The van der Waals surface area contributed by atoms with E-state index in [4.69, 9.17) is 5.41 Å². The minimum absolute atomic E-state index is 0.221. The van der Waals surface area contributed by atoms with Gasteiger partial charge < -0.3 is 14.6 Å². The maximum absolute atomic E-state index is 10.5. The molecule has 0 amide bonds. The molecule has 1 aliphatic heterocycles. The van der Waals surface area contributed by atoms with Crippen molar-refractivity contribution in [2.24, 2.45) is 7.05 Å². The Morgan fingerprint density at radius 3 is 2.69 bits per heavy atom. The lowest BCUT2D eigenvalue weighted by atomic mass is 10.1. The van der Waals surface area contributed by atoms with Crippen molar-refractivity contribution >= 4 is 22.4 Å². The van der Waals surface area contributed by atoms with Crippen LogP contribution in [0.5, 0.6) is 0 Å². The summed E-state index contributed by atoms with van der Waals surface area (Å²) in [6.45, 7) is 3.09. The van der Waals surface area contributed by atoms with E-state index < -0.39 is 0 Å². The van der Waals surface area contributed by atoms with E-state index in [1.165, 1.54) is 5.56 Å². The molecular weight excluding hydrogens is 324 g/mol. The molecular formula is C21H22N4O. The molecule has 0 saturated carbocycles. The molecule has 2 N–H and O–H groups in total. The molecule has 1 aromatic heterocycles. The minimum Gasteiger partial charge on any atom is -0.510 e. The van der Waals surface area contributed by atoms with Crippen LogP contribution in [0, 0.1) is 12.3 Å². The van der Waals surface area contributed by atoms with Crippen LogP contribution in [-0.4, -0.2) is 38.5 Å². The number of aryl methyl sites for hydroxylation is 2. The first kappa shape index (κ1) is 16.4. The largest absolute Gasteiger partial charge is 0.510 e. The molecule has 5 heteroatoms. The van der Waals surface area contributed by atoms with Crippen LogP contribution < -0.4 is 0 Å². The first-order chi connectivity index (χ1) is 12.5. The molecule has 0 bridgehead atoms. The van der Waals surface area contributed by atoms with Gasteiger partial charge in [-0.15, -0.1) is 0 Å². The van der Waals surface area contributed by atoms with Gasteiger partial charge in [0, 0.05) is 13.6 Å². The van der Waals surface area contributed by atoms with Crippen LogP contribution >= 0.6 is 0 Å². The highest BCUT2D eigenvalue weighted by atomic mass is 16.3. The van der Waals surface area contributed by atoms with Crippen LogP contribution in [0.1, 0.15) is 17.0 Å². The topological polar surface area (TPSA) is 65.1 Å². The van der Waals surface area contributed by atoms with Gasteiger partial charge in [0.2, 0.25) is 0 Å². The van der Waals surface area contributed by atoms with E-state index in [1.807, 2.05) is 59.8 Å². The Morgan fingerprint density at radius 1 is 1.15 bits per heavy atom. The van der Waals surface area contributed by atoms with Crippen molar-refractivity contribution in [2.45, 2.75) is 13.3 Å². The number of imidazole rings is 1. The average Bonchev–Trinajstić information content (AvgIpc) is 3.09. The van der Waals surface area contributed by atoms with Crippen LogP contribution in [0.25, 0.3) is 16.6 Å². The van der Waals surface area contributed by atoms with Crippen molar-refractivity contribution in [3.63, 3.8) is 0 Å². The van der Waals surface area contributed by atoms with Crippen molar-refractivity contribution in [1.29, 1.82) is 5.41 Å². The van der Waals surface area contributed by atoms with Crippen LogP contribution in [0.3, 0.4) is 0 Å². The fourth-order valence-electron chi connectivity index (χ4n) is 3.50. The summed E-state index contributed by atoms with van der Waals surface area (Å²) >= 11 is 0. The van der Waals surface area contributed by atoms with Gasteiger partial charge in [0.05, 0.1) is 23.2 Å². The molecule has 4 rings (SSSR count). The lowest BCUT2D eigenvalue weighted by Gasteiger charge is -2.18. The molecule has 132 valence electrons. The number of hydrogen-bond acceptors (Lipinski definition) is 3. The molecule has 5 nitrogen and oxygen atoms in total. The van der Waals surface area contributed by atoms with Gasteiger partial charge >= 0.3 is 0 Å². The number of aliphatic hydroxyl groups excluding tert-OH is 1. The molecule has 3 aromatic rings. The lowest BCUT2D eigenvalue weighted by Crippen LogP contribution is -2.29. The highest BCUT2D eigenvalue weighted by molar-refractivity contribution is 6.23. The summed E-state index contributed by atoms with van der Waals surface area (Å²) in [4.78, 5) is 6.59. The summed E-state index contributed by atoms with van der Waals surface area (Å²) in [6.07, 6.45) is 0.839. The third-order valence-corrected chi connectivity index (χ3v) is 4.96. The lowest BCUT2D eigenvalue weighted by molar-refractivity contribution is 0.351. The smallest absolute Gasteiger partial charge is 0.148 e. The van der Waals surface area contributed by atoms with Crippen molar-refractivity contribution < 1.29 is 5.11 Å². The van der Waals surface area contributed by atoms with Gasteiger partial charge in [-0.1, -0.05) is 36.4 Å². The third kappa shape index (κ3) is 2.75. The molecule has 0 radical (unpaired) electrons. The summed E-state index contributed by atoms with van der Waals surface area (Å²) < 4.78 is 1.95. The molecule has 2 aromatic carbocycles. The van der Waals surface area contributed by atoms with Crippen LogP contribution in [-0.2, 0) is 13.5 Å². The number of nitrogens with one attached hydrogen (secondary N) is 1. The molecule has 0 fully saturated rings.